The summed E-state index contributed by atoms with van der Waals surface area (Å²) in [6.07, 6.45) is 1.99. The Morgan fingerprint density at radius 2 is 1.88 bits per heavy atom. The van der Waals surface area contributed by atoms with E-state index >= 15 is 0 Å². The highest BCUT2D eigenvalue weighted by atomic mass is 16.3. The van der Waals surface area contributed by atoms with Crippen LogP contribution in [0.4, 0.5) is 0 Å². The second-order valence-electron chi connectivity index (χ2n) is 2.60. The molecule has 0 aromatic heterocycles. The Bertz CT molecular complexity index is 50.3. The fourth-order valence-corrected chi connectivity index (χ4v) is 0.749. The lowest BCUT2D eigenvalue weighted by Gasteiger charge is -2.08. The molecule has 1 unspecified atom stereocenters. The predicted molar refractivity (Wildman–Crippen MR) is 35.8 cm³/mol. The zero-order chi connectivity index (χ0) is 6.57. The van der Waals surface area contributed by atoms with Crippen molar-refractivity contribution in [1.29, 1.82) is 0 Å². The molecule has 8 heavy (non-hydrogen) atoms. The van der Waals surface area contributed by atoms with Gasteiger partial charge in [-0.25, -0.2) is 0 Å². The van der Waals surface area contributed by atoms with Gasteiger partial charge in [0, 0.05) is 0 Å². The lowest BCUT2D eigenvalue weighted by Crippen LogP contribution is -2.05. The van der Waals surface area contributed by atoms with E-state index in [4.69, 9.17) is 5.11 Å². The van der Waals surface area contributed by atoms with E-state index in [0.717, 1.165) is 6.42 Å². The average Bonchev–Trinajstić information content (AvgIpc) is 1.65. The first kappa shape index (κ1) is 7.96. The summed E-state index contributed by atoms with van der Waals surface area (Å²) in [7, 11) is 0. The molecule has 0 aromatic carbocycles. The number of aliphatic hydroxyl groups is 1. The van der Waals surface area contributed by atoms with E-state index in [1.165, 1.54) is 6.42 Å². The van der Waals surface area contributed by atoms with Gasteiger partial charge in [-0.2, -0.15) is 0 Å². The summed E-state index contributed by atoms with van der Waals surface area (Å²) in [4.78, 5) is 0. The van der Waals surface area contributed by atoms with Gasteiger partial charge in [0.25, 0.3) is 0 Å². The molecule has 0 radical (unpaired) electrons. The van der Waals surface area contributed by atoms with Crippen LogP contribution in [0.1, 0.15) is 33.6 Å². The van der Waals surface area contributed by atoms with E-state index in [9.17, 15) is 0 Å². The summed E-state index contributed by atoms with van der Waals surface area (Å²) in [6.45, 7) is 6.14. The fourth-order valence-electron chi connectivity index (χ4n) is 0.749. The van der Waals surface area contributed by atoms with Crippen LogP contribution in [-0.4, -0.2) is 11.2 Å². The van der Waals surface area contributed by atoms with E-state index in [1.807, 2.05) is 6.92 Å². The van der Waals surface area contributed by atoms with Crippen molar-refractivity contribution in [1.82, 2.24) is 0 Å². The Kier molecular flexibility index (Phi) is 3.88. The molecule has 0 heterocycles. The molecule has 0 aliphatic heterocycles. The van der Waals surface area contributed by atoms with Crippen molar-refractivity contribution in [3.63, 3.8) is 0 Å². The van der Waals surface area contributed by atoms with Gasteiger partial charge in [-0.05, 0) is 19.3 Å². The van der Waals surface area contributed by atoms with Crippen LogP contribution in [-0.2, 0) is 0 Å². The molecule has 1 nitrogen and oxygen atoms in total. The summed E-state index contributed by atoms with van der Waals surface area (Å²) in [5, 5.41) is 8.85. The van der Waals surface area contributed by atoms with Gasteiger partial charge in [0.1, 0.15) is 0 Å². The Hall–Kier alpha value is -0.0400. The molecule has 1 N–H and O–H groups in total. The molecule has 50 valence electrons. The lowest BCUT2D eigenvalue weighted by atomic mass is 10.0. The van der Waals surface area contributed by atoms with E-state index < -0.39 is 0 Å². The van der Waals surface area contributed by atoms with Gasteiger partial charge in [-0.1, -0.05) is 20.3 Å². The molecular weight excluding hydrogens is 100 g/mol. The highest BCUT2D eigenvalue weighted by molar-refractivity contribution is 4.53. The first-order valence-corrected chi connectivity index (χ1v) is 3.34. The van der Waals surface area contributed by atoms with Gasteiger partial charge in [-0.15, -0.1) is 0 Å². The van der Waals surface area contributed by atoms with Crippen LogP contribution in [0.15, 0.2) is 0 Å². The predicted octanol–water partition coefficient (Wildman–Crippen LogP) is 1.80. The molecule has 0 amide bonds. The third-order valence-electron chi connectivity index (χ3n) is 1.44. The van der Waals surface area contributed by atoms with Gasteiger partial charge < -0.3 is 5.11 Å². The molecule has 0 aromatic rings. The van der Waals surface area contributed by atoms with Crippen LogP contribution in [0.25, 0.3) is 0 Å². The molecule has 0 bridgehead atoms. The quantitative estimate of drug-likeness (QED) is 0.596. The average molecular weight is 116 g/mol. The van der Waals surface area contributed by atoms with E-state index in [2.05, 4.69) is 13.8 Å². The third kappa shape index (κ3) is 4.13. The molecule has 0 spiro atoms. The van der Waals surface area contributed by atoms with Gasteiger partial charge in [0.15, 0.2) is 0 Å². The summed E-state index contributed by atoms with van der Waals surface area (Å²) >= 11 is 0. The highest BCUT2D eigenvalue weighted by Crippen LogP contribution is 2.08. The fraction of sp³-hybridized carbons (Fsp3) is 1.00. The van der Waals surface area contributed by atoms with Crippen LogP contribution in [0.5, 0.6) is 0 Å². The third-order valence-corrected chi connectivity index (χ3v) is 1.44. The standard InChI is InChI=1S/C7H16O/c1-4-6(2)5-7(3)8/h6-8H,4-5H2,1-3H3/t6-,7?/m0/s1. The number of hydrogen-bond donors (Lipinski definition) is 1. The van der Waals surface area contributed by atoms with Crippen molar-refractivity contribution < 1.29 is 5.11 Å². The number of hydrogen-bond acceptors (Lipinski definition) is 1. The van der Waals surface area contributed by atoms with Crippen LogP contribution < -0.4 is 0 Å². The Morgan fingerprint density at radius 1 is 1.38 bits per heavy atom. The SMILES string of the molecule is CC[C@H](C)CC(C)O. The van der Waals surface area contributed by atoms with Crippen LogP contribution in [0, 0.1) is 5.92 Å². The Morgan fingerprint density at radius 3 is 2.00 bits per heavy atom. The molecule has 0 fully saturated rings. The second kappa shape index (κ2) is 3.90. The van der Waals surface area contributed by atoms with Crippen LogP contribution in [0.3, 0.4) is 0 Å². The summed E-state index contributed by atoms with van der Waals surface area (Å²) in [5.41, 5.74) is 0. The summed E-state index contributed by atoms with van der Waals surface area (Å²) < 4.78 is 0. The smallest absolute Gasteiger partial charge is 0.0514 e. The number of aliphatic hydroxyl groups excluding tert-OH is 1. The molecular formula is C7H16O. The molecule has 2 atom stereocenters. The Labute approximate surface area is 51.7 Å². The van der Waals surface area contributed by atoms with Crippen molar-refractivity contribution in [2.45, 2.75) is 39.7 Å². The molecule has 1 heteroatoms. The largest absolute Gasteiger partial charge is 0.393 e. The normalized spacial score (nSPS) is 18.0. The zero-order valence-electron chi connectivity index (χ0n) is 6.02. The van der Waals surface area contributed by atoms with E-state index in [1.54, 1.807) is 0 Å². The minimum Gasteiger partial charge on any atom is -0.393 e. The minimum absolute atomic E-state index is 0.120. The van der Waals surface area contributed by atoms with Crippen molar-refractivity contribution in [2.24, 2.45) is 5.92 Å². The molecule has 0 saturated carbocycles. The van der Waals surface area contributed by atoms with Crippen LogP contribution >= 0.6 is 0 Å². The van der Waals surface area contributed by atoms with Crippen molar-refractivity contribution >= 4 is 0 Å². The molecule has 0 aliphatic carbocycles. The monoisotopic (exact) mass is 116 g/mol. The van der Waals surface area contributed by atoms with Crippen LogP contribution in [0.2, 0.25) is 0 Å². The lowest BCUT2D eigenvalue weighted by molar-refractivity contribution is 0.163. The maximum atomic E-state index is 8.85. The van der Waals surface area contributed by atoms with E-state index in [-0.39, 0.29) is 6.10 Å². The topological polar surface area (TPSA) is 20.2 Å². The number of rotatable bonds is 3. The Balaban J connectivity index is 3.10. The maximum Gasteiger partial charge on any atom is 0.0514 e. The maximum absolute atomic E-state index is 8.85. The summed E-state index contributed by atoms with van der Waals surface area (Å²) in [6, 6.07) is 0. The van der Waals surface area contributed by atoms with Crippen molar-refractivity contribution in [3.8, 4) is 0 Å². The van der Waals surface area contributed by atoms with Crippen molar-refractivity contribution in [2.75, 3.05) is 0 Å². The zero-order valence-corrected chi connectivity index (χ0v) is 6.02. The second-order valence-corrected chi connectivity index (χ2v) is 2.60. The summed E-state index contributed by atoms with van der Waals surface area (Å²) in [5.74, 6) is 0.676. The molecule has 0 aliphatic rings. The molecule has 0 rings (SSSR count). The first-order valence-electron chi connectivity index (χ1n) is 3.34. The van der Waals surface area contributed by atoms with Crippen molar-refractivity contribution in [3.05, 3.63) is 0 Å². The molecule has 0 saturated heterocycles. The van der Waals surface area contributed by atoms with Gasteiger partial charge in [0.2, 0.25) is 0 Å². The minimum atomic E-state index is -0.120. The highest BCUT2D eigenvalue weighted by Gasteiger charge is 2.01. The van der Waals surface area contributed by atoms with Gasteiger partial charge >= 0.3 is 0 Å². The van der Waals surface area contributed by atoms with Gasteiger partial charge in [-0.3, -0.25) is 0 Å². The first-order chi connectivity index (χ1) is 3.66. The van der Waals surface area contributed by atoms with Gasteiger partial charge in [0.05, 0.1) is 6.10 Å². The van der Waals surface area contributed by atoms with E-state index in [0.29, 0.717) is 5.92 Å².